The Morgan fingerprint density at radius 1 is 1.17 bits per heavy atom. The highest BCUT2D eigenvalue weighted by Crippen LogP contribution is 2.25. The maximum absolute atomic E-state index is 12.6. The number of amides is 1. The van der Waals surface area contributed by atoms with E-state index in [9.17, 15) is 4.79 Å². The molecular weight excluding hydrogens is 300 g/mol. The second-order valence-electron chi connectivity index (χ2n) is 6.25. The molecule has 0 bridgehead atoms. The Morgan fingerprint density at radius 2 is 1.92 bits per heavy atom. The summed E-state index contributed by atoms with van der Waals surface area (Å²) in [7, 11) is 1.62. The van der Waals surface area contributed by atoms with Crippen LogP contribution in [0.5, 0.6) is 5.75 Å². The molecule has 4 nitrogen and oxygen atoms in total. The number of benzene rings is 2. The van der Waals surface area contributed by atoms with Gasteiger partial charge in [-0.15, -0.1) is 0 Å². The van der Waals surface area contributed by atoms with Crippen LogP contribution in [0.4, 0.5) is 5.69 Å². The van der Waals surface area contributed by atoms with E-state index in [1.807, 2.05) is 30.3 Å². The third kappa shape index (κ3) is 4.15. The zero-order chi connectivity index (χ0) is 16.8. The fourth-order valence-corrected chi connectivity index (χ4v) is 3.24. The fraction of sp³-hybridized carbons (Fsp3) is 0.350. The van der Waals surface area contributed by atoms with Crippen LogP contribution in [-0.4, -0.2) is 31.0 Å². The molecule has 1 N–H and O–H groups in total. The maximum atomic E-state index is 12.6. The highest BCUT2D eigenvalue weighted by atomic mass is 16.5. The number of nitrogens with one attached hydrogen (secondary N) is 1. The lowest BCUT2D eigenvalue weighted by atomic mass is 9.96. The molecule has 0 radical (unpaired) electrons. The van der Waals surface area contributed by atoms with Gasteiger partial charge in [0, 0.05) is 13.1 Å². The van der Waals surface area contributed by atoms with Gasteiger partial charge >= 0.3 is 0 Å². The van der Waals surface area contributed by atoms with Gasteiger partial charge in [0.15, 0.2) is 0 Å². The first kappa shape index (κ1) is 16.5. The van der Waals surface area contributed by atoms with Crippen LogP contribution in [0.2, 0.25) is 0 Å². The molecule has 4 heteroatoms. The molecular formula is C20H24N2O2. The molecule has 1 fully saturated rings. The molecule has 0 aromatic heterocycles. The topological polar surface area (TPSA) is 41.6 Å². The summed E-state index contributed by atoms with van der Waals surface area (Å²) in [6.07, 6.45) is 1.99. The number of ether oxygens (including phenoxy) is 1. The number of nitrogens with zero attached hydrogens (tertiary/aromatic N) is 1. The lowest BCUT2D eigenvalue weighted by molar-refractivity contribution is -0.121. The maximum Gasteiger partial charge on any atom is 0.228 e. The minimum absolute atomic E-state index is 0.0207. The Balaban J connectivity index is 1.60. The minimum atomic E-state index is 0.0207. The number of carbonyl (C=O) groups is 1. The van der Waals surface area contributed by atoms with Crippen LogP contribution < -0.4 is 10.1 Å². The Labute approximate surface area is 143 Å². The van der Waals surface area contributed by atoms with Gasteiger partial charge in [-0.2, -0.15) is 0 Å². The third-order valence-corrected chi connectivity index (χ3v) is 4.49. The number of rotatable bonds is 5. The van der Waals surface area contributed by atoms with E-state index < -0.39 is 0 Å². The van der Waals surface area contributed by atoms with Crippen LogP contribution in [0.25, 0.3) is 0 Å². The van der Waals surface area contributed by atoms with Crippen LogP contribution in [0.15, 0.2) is 54.6 Å². The first-order chi connectivity index (χ1) is 11.8. The average Bonchev–Trinajstić information content (AvgIpc) is 2.63. The van der Waals surface area contributed by atoms with Gasteiger partial charge in [-0.05, 0) is 37.1 Å². The fourth-order valence-electron chi connectivity index (χ4n) is 3.24. The Bertz CT molecular complexity index is 672. The van der Waals surface area contributed by atoms with E-state index in [0.717, 1.165) is 38.2 Å². The smallest absolute Gasteiger partial charge is 0.228 e. The van der Waals surface area contributed by atoms with Crippen molar-refractivity contribution in [1.29, 1.82) is 0 Å². The van der Waals surface area contributed by atoms with Crippen molar-refractivity contribution in [3.05, 3.63) is 60.2 Å². The molecule has 24 heavy (non-hydrogen) atoms. The number of hydrogen-bond acceptors (Lipinski definition) is 3. The summed E-state index contributed by atoms with van der Waals surface area (Å²) in [5, 5.41) is 3.02. The van der Waals surface area contributed by atoms with Crippen molar-refractivity contribution in [2.75, 3.05) is 25.5 Å². The van der Waals surface area contributed by atoms with Crippen LogP contribution in [0, 0.1) is 5.92 Å². The second-order valence-corrected chi connectivity index (χ2v) is 6.25. The number of methoxy groups -OCH3 is 1. The summed E-state index contributed by atoms with van der Waals surface area (Å²) < 4.78 is 5.31. The highest BCUT2D eigenvalue weighted by Gasteiger charge is 2.26. The van der Waals surface area contributed by atoms with Gasteiger partial charge in [0.2, 0.25) is 5.91 Å². The highest BCUT2D eigenvalue weighted by molar-refractivity contribution is 5.94. The van der Waals surface area contributed by atoms with Crippen molar-refractivity contribution in [2.24, 2.45) is 5.92 Å². The predicted octanol–water partition coefficient (Wildman–Crippen LogP) is 3.55. The van der Waals surface area contributed by atoms with Crippen LogP contribution >= 0.6 is 0 Å². The van der Waals surface area contributed by atoms with Crippen LogP contribution in [-0.2, 0) is 11.3 Å². The molecule has 0 spiro atoms. The molecule has 3 rings (SSSR count). The first-order valence-electron chi connectivity index (χ1n) is 8.46. The summed E-state index contributed by atoms with van der Waals surface area (Å²) in [6, 6.07) is 18.0. The number of anilines is 1. The Hall–Kier alpha value is -2.33. The van der Waals surface area contributed by atoms with Gasteiger partial charge in [0.05, 0.1) is 18.7 Å². The van der Waals surface area contributed by atoms with E-state index >= 15 is 0 Å². The number of carbonyl (C=O) groups excluding carboxylic acids is 1. The normalized spacial score (nSPS) is 18.1. The third-order valence-electron chi connectivity index (χ3n) is 4.49. The molecule has 1 heterocycles. The Morgan fingerprint density at radius 3 is 2.71 bits per heavy atom. The van der Waals surface area contributed by atoms with Crippen LogP contribution in [0.1, 0.15) is 18.4 Å². The molecule has 1 saturated heterocycles. The monoisotopic (exact) mass is 324 g/mol. The van der Waals surface area contributed by atoms with Gasteiger partial charge in [0.1, 0.15) is 5.75 Å². The van der Waals surface area contributed by atoms with Crippen molar-refractivity contribution >= 4 is 11.6 Å². The number of para-hydroxylation sites is 2. The molecule has 1 aliphatic rings. The SMILES string of the molecule is COc1ccccc1NC(=O)[C@@H]1CCCN(Cc2ccccc2)C1. The molecule has 1 aliphatic heterocycles. The van der Waals surface area contributed by atoms with E-state index in [4.69, 9.17) is 4.74 Å². The summed E-state index contributed by atoms with van der Waals surface area (Å²) in [5.41, 5.74) is 2.04. The molecule has 0 unspecified atom stereocenters. The zero-order valence-corrected chi connectivity index (χ0v) is 14.1. The van der Waals surface area contributed by atoms with E-state index in [0.29, 0.717) is 5.75 Å². The van der Waals surface area contributed by atoms with Gasteiger partial charge < -0.3 is 10.1 Å². The quantitative estimate of drug-likeness (QED) is 0.914. The Kier molecular flexibility index (Phi) is 5.49. The number of hydrogen-bond donors (Lipinski definition) is 1. The number of likely N-dealkylation sites (tertiary alicyclic amines) is 1. The summed E-state index contributed by atoms with van der Waals surface area (Å²) >= 11 is 0. The average molecular weight is 324 g/mol. The molecule has 1 atom stereocenters. The minimum Gasteiger partial charge on any atom is -0.495 e. The lowest BCUT2D eigenvalue weighted by Crippen LogP contribution is -2.40. The summed E-state index contributed by atoms with van der Waals surface area (Å²) in [5.74, 6) is 0.799. The van der Waals surface area contributed by atoms with Crippen molar-refractivity contribution in [3.63, 3.8) is 0 Å². The zero-order valence-electron chi connectivity index (χ0n) is 14.1. The molecule has 1 amide bonds. The molecule has 2 aromatic rings. The lowest BCUT2D eigenvalue weighted by Gasteiger charge is -2.32. The van der Waals surface area contributed by atoms with Gasteiger partial charge in [0.25, 0.3) is 0 Å². The van der Waals surface area contributed by atoms with E-state index in [1.54, 1.807) is 7.11 Å². The second kappa shape index (κ2) is 7.97. The molecule has 126 valence electrons. The predicted molar refractivity (Wildman–Crippen MR) is 96.1 cm³/mol. The van der Waals surface area contributed by atoms with Crippen molar-refractivity contribution in [3.8, 4) is 5.75 Å². The van der Waals surface area contributed by atoms with Crippen LogP contribution in [0.3, 0.4) is 0 Å². The largest absolute Gasteiger partial charge is 0.495 e. The van der Waals surface area contributed by atoms with E-state index in [-0.39, 0.29) is 11.8 Å². The van der Waals surface area contributed by atoms with Crippen molar-refractivity contribution in [2.45, 2.75) is 19.4 Å². The van der Waals surface area contributed by atoms with E-state index in [1.165, 1.54) is 5.56 Å². The summed E-state index contributed by atoms with van der Waals surface area (Å²) in [6.45, 7) is 2.75. The van der Waals surface area contributed by atoms with Gasteiger partial charge in [-0.3, -0.25) is 9.69 Å². The molecule has 0 saturated carbocycles. The van der Waals surface area contributed by atoms with Gasteiger partial charge in [-0.25, -0.2) is 0 Å². The molecule has 0 aliphatic carbocycles. The van der Waals surface area contributed by atoms with Crippen molar-refractivity contribution in [1.82, 2.24) is 4.90 Å². The van der Waals surface area contributed by atoms with E-state index in [2.05, 4.69) is 34.5 Å². The van der Waals surface area contributed by atoms with Gasteiger partial charge in [-0.1, -0.05) is 42.5 Å². The first-order valence-corrected chi connectivity index (χ1v) is 8.46. The van der Waals surface area contributed by atoms with Crippen molar-refractivity contribution < 1.29 is 9.53 Å². The summed E-state index contributed by atoms with van der Waals surface area (Å²) in [4.78, 5) is 15.0. The standard InChI is InChI=1S/C20H24N2O2/c1-24-19-12-6-5-11-18(19)21-20(23)17-10-7-13-22(15-17)14-16-8-3-2-4-9-16/h2-6,8-9,11-12,17H,7,10,13-15H2,1H3,(H,21,23)/t17-/m1/s1. The molecule has 2 aromatic carbocycles. The number of piperidine rings is 1.